The number of para-hydroxylation sites is 1. The van der Waals surface area contributed by atoms with Gasteiger partial charge in [0.2, 0.25) is 5.95 Å². The van der Waals surface area contributed by atoms with Crippen LogP contribution in [0.4, 0.5) is 11.6 Å². The molecule has 2 aromatic carbocycles. The highest BCUT2D eigenvalue weighted by atomic mass is 16.2. The van der Waals surface area contributed by atoms with E-state index in [1.165, 1.54) is 0 Å². The van der Waals surface area contributed by atoms with Crippen molar-refractivity contribution in [1.82, 2.24) is 14.9 Å². The standard InChI is InChI=1S/C20H21N5O/c1-13-10-14(6-7-17(13)21)19(26)25-9-8-16(12-25)23-20-22-11-15-4-2-3-5-18(15)24-20/h2-7,10-11,16H,8-9,12,21H2,1H3,(H,22,23,24)/t16-/m1/s1. The molecule has 0 spiro atoms. The van der Waals surface area contributed by atoms with Crippen LogP contribution in [0.2, 0.25) is 0 Å². The van der Waals surface area contributed by atoms with Crippen molar-refractivity contribution in [3.8, 4) is 0 Å². The minimum Gasteiger partial charge on any atom is -0.399 e. The Bertz CT molecular complexity index is 971. The van der Waals surface area contributed by atoms with Gasteiger partial charge in [0, 0.05) is 42.0 Å². The fraction of sp³-hybridized carbons (Fsp3) is 0.250. The summed E-state index contributed by atoms with van der Waals surface area (Å²) in [4.78, 5) is 23.5. The highest BCUT2D eigenvalue weighted by molar-refractivity contribution is 5.95. The quantitative estimate of drug-likeness (QED) is 0.712. The van der Waals surface area contributed by atoms with Crippen molar-refractivity contribution in [2.45, 2.75) is 19.4 Å². The van der Waals surface area contributed by atoms with Gasteiger partial charge in [-0.1, -0.05) is 18.2 Å². The van der Waals surface area contributed by atoms with Crippen molar-refractivity contribution < 1.29 is 4.79 Å². The molecule has 1 aliphatic rings. The lowest BCUT2D eigenvalue weighted by atomic mass is 10.1. The molecule has 1 aliphatic heterocycles. The first-order chi connectivity index (χ1) is 12.6. The molecule has 4 rings (SSSR count). The van der Waals surface area contributed by atoms with Crippen LogP contribution >= 0.6 is 0 Å². The van der Waals surface area contributed by atoms with Crippen LogP contribution in [0.1, 0.15) is 22.3 Å². The fourth-order valence-corrected chi connectivity index (χ4v) is 3.28. The second-order valence-corrected chi connectivity index (χ2v) is 6.70. The van der Waals surface area contributed by atoms with Crippen LogP contribution in [-0.4, -0.2) is 39.9 Å². The number of nitrogens with one attached hydrogen (secondary N) is 1. The molecular weight excluding hydrogens is 326 g/mol. The van der Waals surface area contributed by atoms with Gasteiger partial charge in [0.05, 0.1) is 5.52 Å². The van der Waals surface area contributed by atoms with E-state index >= 15 is 0 Å². The normalized spacial score (nSPS) is 16.8. The summed E-state index contributed by atoms with van der Waals surface area (Å²) in [6.07, 6.45) is 2.69. The molecule has 1 saturated heterocycles. The Labute approximate surface area is 152 Å². The molecule has 1 fully saturated rings. The Balaban J connectivity index is 1.44. The average molecular weight is 347 g/mol. The lowest BCUT2D eigenvalue weighted by Gasteiger charge is -2.18. The first-order valence-corrected chi connectivity index (χ1v) is 8.74. The Hall–Kier alpha value is -3.15. The molecule has 0 unspecified atom stereocenters. The molecule has 3 N–H and O–H groups in total. The monoisotopic (exact) mass is 347 g/mol. The van der Waals surface area contributed by atoms with E-state index in [9.17, 15) is 4.79 Å². The van der Waals surface area contributed by atoms with Crippen molar-refractivity contribution >= 4 is 28.4 Å². The zero-order chi connectivity index (χ0) is 18.1. The molecular formula is C20H21N5O. The number of carbonyl (C=O) groups excluding carboxylic acids is 1. The summed E-state index contributed by atoms with van der Waals surface area (Å²) in [5, 5.41) is 4.37. The maximum atomic E-state index is 12.7. The van der Waals surface area contributed by atoms with Crippen LogP contribution in [0.25, 0.3) is 10.9 Å². The first kappa shape index (κ1) is 16.3. The predicted octanol–water partition coefficient (Wildman–Crippen LogP) is 2.85. The van der Waals surface area contributed by atoms with E-state index in [0.717, 1.165) is 22.9 Å². The zero-order valence-electron chi connectivity index (χ0n) is 14.6. The summed E-state index contributed by atoms with van der Waals surface area (Å²) >= 11 is 0. The number of carbonyl (C=O) groups is 1. The van der Waals surface area contributed by atoms with Crippen LogP contribution in [0.5, 0.6) is 0 Å². The highest BCUT2D eigenvalue weighted by Gasteiger charge is 2.27. The lowest BCUT2D eigenvalue weighted by molar-refractivity contribution is 0.0791. The van der Waals surface area contributed by atoms with Crippen LogP contribution in [0.15, 0.2) is 48.7 Å². The van der Waals surface area contributed by atoms with Gasteiger partial charge in [-0.15, -0.1) is 0 Å². The summed E-state index contributed by atoms with van der Waals surface area (Å²) in [6, 6.07) is 13.5. The van der Waals surface area contributed by atoms with Gasteiger partial charge in [0.15, 0.2) is 0 Å². The number of nitrogens with two attached hydrogens (primary N) is 1. The van der Waals surface area contributed by atoms with E-state index in [1.54, 1.807) is 12.1 Å². The number of aryl methyl sites for hydroxylation is 1. The molecule has 0 bridgehead atoms. The zero-order valence-corrected chi connectivity index (χ0v) is 14.6. The number of aromatic nitrogens is 2. The number of benzene rings is 2. The molecule has 132 valence electrons. The molecule has 1 atom stereocenters. The van der Waals surface area contributed by atoms with E-state index in [-0.39, 0.29) is 11.9 Å². The maximum Gasteiger partial charge on any atom is 0.253 e. The average Bonchev–Trinajstić information content (AvgIpc) is 3.12. The number of hydrogen-bond donors (Lipinski definition) is 2. The first-order valence-electron chi connectivity index (χ1n) is 8.74. The highest BCUT2D eigenvalue weighted by Crippen LogP contribution is 2.20. The third-order valence-electron chi connectivity index (χ3n) is 4.81. The summed E-state index contributed by atoms with van der Waals surface area (Å²) in [5.74, 6) is 0.642. The lowest BCUT2D eigenvalue weighted by Crippen LogP contribution is -2.31. The van der Waals surface area contributed by atoms with Crippen LogP contribution < -0.4 is 11.1 Å². The Morgan fingerprint density at radius 1 is 1.27 bits per heavy atom. The van der Waals surface area contributed by atoms with Gasteiger partial charge >= 0.3 is 0 Å². The number of hydrogen-bond acceptors (Lipinski definition) is 5. The van der Waals surface area contributed by atoms with Gasteiger partial charge in [-0.25, -0.2) is 9.97 Å². The van der Waals surface area contributed by atoms with Gasteiger partial charge in [-0.2, -0.15) is 0 Å². The van der Waals surface area contributed by atoms with E-state index < -0.39 is 0 Å². The van der Waals surface area contributed by atoms with Gasteiger partial charge in [0.25, 0.3) is 5.91 Å². The van der Waals surface area contributed by atoms with Gasteiger partial charge in [-0.3, -0.25) is 4.79 Å². The molecule has 6 nitrogen and oxygen atoms in total. The van der Waals surface area contributed by atoms with Crippen molar-refractivity contribution in [2.24, 2.45) is 0 Å². The molecule has 26 heavy (non-hydrogen) atoms. The van der Waals surface area contributed by atoms with Crippen LogP contribution in [0.3, 0.4) is 0 Å². The molecule has 3 aromatic rings. The smallest absolute Gasteiger partial charge is 0.253 e. The molecule has 0 saturated carbocycles. The number of nitrogens with zero attached hydrogens (tertiary/aromatic N) is 3. The second-order valence-electron chi connectivity index (χ2n) is 6.70. The number of rotatable bonds is 3. The summed E-state index contributed by atoms with van der Waals surface area (Å²) < 4.78 is 0. The van der Waals surface area contributed by atoms with Gasteiger partial charge < -0.3 is 16.0 Å². The van der Waals surface area contributed by atoms with Crippen LogP contribution in [-0.2, 0) is 0 Å². The topological polar surface area (TPSA) is 84.1 Å². The van der Waals surface area contributed by atoms with Gasteiger partial charge in [-0.05, 0) is 43.2 Å². The Morgan fingerprint density at radius 2 is 2.12 bits per heavy atom. The van der Waals surface area contributed by atoms with Crippen molar-refractivity contribution in [3.05, 3.63) is 59.8 Å². The molecule has 0 aliphatic carbocycles. The molecule has 1 amide bonds. The predicted molar refractivity (Wildman–Crippen MR) is 103 cm³/mol. The van der Waals surface area contributed by atoms with Crippen LogP contribution in [0, 0.1) is 6.92 Å². The maximum absolute atomic E-state index is 12.7. The van der Waals surface area contributed by atoms with Crippen molar-refractivity contribution in [2.75, 3.05) is 24.1 Å². The summed E-state index contributed by atoms with van der Waals surface area (Å²) in [6.45, 7) is 3.27. The summed E-state index contributed by atoms with van der Waals surface area (Å²) in [5.41, 5.74) is 9.06. The third-order valence-corrected chi connectivity index (χ3v) is 4.81. The SMILES string of the molecule is Cc1cc(C(=O)N2CC[C@@H](Nc3ncc4ccccc4n3)C2)ccc1N. The number of fused-ring (bicyclic) bond motifs is 1. The molecule has 6 heteroatoms. The number of anilines is 2. The minimum atomic E-state index is 0.0387. The second kappa shape index (κ2) is 6.63. The molecule has 1 aromatic heterocycles. The van der Waals surface area contributed by atoms with Crippen molar-refractivity contribution in [1.29, 1.82) is 0 Å². The Morgan fingerprint density at radius 3 is 2.96 bits per heavy atom. The molecule has 2 heterocycles. The Kier molecular flexibility index (Phi) is 4.16. The van der Waals surface area contributed by atoms with E-state index in [0.29, 0.717) is 30.3 Å². The van der Waals surface area contributed by atoms with E-state index in [2.05, 4.69) is 15.3 Å². The summed E-state index contributed by atoms with van der Waals surface area (Å²) in [7, 11) is 0. The largest absolute Gasteiger partial charge is 0.399 e. The van der Waals surface area contributed by atoms with Crippen molar-refractivity contribution in [3.63, 3.8) is 0 Å². The fourth-order valence-electron chi connectivity index (χ4n) is 3.28. The molecule has 0 radical (unpaired) electrons. The van der Waals surface area contributed by atoms with Gasteiger partial charge in [0.1, 0.15) is 0 Å². The number of amides is 1. The third kappa shape index (κ3) is 3.18. The van der Waals surface area contributed by atoms with E-state index in [4.69, 9.17) is 5.73 Å². The number of likely N-dealkylation sites (tertiary alicyclic amines) is 1. The number of nitrogen functional groups attached to an aromatic ring is 1. The van der Waals surface area contributed by atoms with E-state index in [1.807, 2.05) is 48.4 Å². The minimum absolute atomic E-state index is 0.0387.